The number of hydrogen-bond acceptors (Lipinski definition) is 2. The van der Waals surface area contributed by atoms with E-state index < -0.39 is 0 Å². The first-order valence-corrected chi connectivity index (χ1v) is 2.18. The van der Waals surface area contributed by atoms with Crippen LogP contribution in [0.2, 0.25) is 0 Å². The Bertz CT molecular complexity index is 78.9. The van der Waals surface area contributed by atoms with Gasteiger partial charge in [0, 0.05) is 0 Å². The third-order valence-electron chi connectivity index (χ3n) is 0. The molecule has 0 radical (unpaired) electrons. The zero-order valence-electron chi connectivity index (χ0n) is 3.64. The van der Waals surface area contributed by atoms with Crippen molar-refractivity contribution in [2.24, 2.45) is 5.73 Å². The molecule has 0 fully saturated rings. The van der Waals surface area contributed by atoms with Crippen LogP contribution in [-0.2, 0) is 0 Å². The number of thiocarbonyl (C=S) groups is 1. The molecule has 3 N–H and O–H groups in total. The first kappa shape index (κ1) is 9.85. The van der Waals surface area contributed by atoms with Crippen molar-refractivity contribution in [2.75, 3.05) is 0 Å². The molecule has 0 unspecified atom stereocenters. The van der Waals surface area contributed by atoms with Gasteiger partial charge in [-0.1, -0.05) is 12.2 Å². The van der Waals surface area contributed by atoms with Crippen molar-refractivity contribution in [2.45, 2.75) is 0 Å². The number of nitrogens with two attached hydrogens (primary N) is 1. The molecule has 0 rings (SSSR count). The first-order chi connectivity index (χ1) is 3.15. The molecule has 0 aliphatic rings. The van der Waals surface area contributed by atoms with E-state index in [1.54, 1.807) is 5.87 Å². The summed E-state index contributed by atoms with van der Waals surface area (Å²) in [6, 6.07) is 0. The van der Waals surface area contributed by atoms with Gasteiger partial charge in [-0.2, -0.15) is 0 Å². The molecule has 4 heteroatoms. The van der Waals surface area contributed by atoms with E-state index >= 15 is 0 Å². The van der Waals surface area contributed by atoms with Gasteiger partial charge in [0.15, 0.2) is 0 Å². The molecule has 0 aliphatic heterocycles. The highest BCUT2D eigenvalue weighted by Gasteiger charge is 1.55. The van der Waals surface area contributed by atoms with Gasteiger partial charge in [-0.25, -0.2) is 0 Å². The van der Waals surface area contributed by atoms with Crippen LogP contribution in [0.4, 0.5) is 0 Å². The highest BCUT2D eigenvalue weighted by molar-refractivity contribution is 8.10. The van der Waals surface area contributed by atoms with Gasteiger partial charge in [-0.3, -0.25) is 5.41 Å². The Hall–Kier alpha value is -0.310. The molecule has 0 aromatic carbocycles. The Kier molecular flexibility index (Phi) is 12.9. The van der Waals surface area contributed by atoms with Gasteiger partial charge in [0.05, 0.1) is 0 Å². The van der Waals surface area contributed by atoms with E-state index in [-0.39, 0.29) is 4.32 Å². The predicted octanol–water partition coefficient (Wildman–Crippen LogP) is 0.581. The Balaban J connectivity index is 0. The van der Waals surface area contributed by atoms with Gasteiger partial charge < -0.3 is 5.73 Å². The molecule has 0 aromatic rings. The fourth-order valence-corrected chi connectivity index (χ4v) is 0. The average molecular weight is 134 g/mol. The summed E-state index contributed by atoms with van der Waals surface area (Å²) in [6.45, 7) is 2.90. The topological polar surface area (TPSA) is 49.9 Å². The molecule has 0 bridgehead atoms. The third kappa shape index (κ3) is 806. The second kappa shape index (κ2) is 9.19. The van der Waals surface area contributed by atoms with Crippen molar-refractivity contribution in [1.82, 2.24) is 0 Å². The van der Waals surface area contributed by atoms with Gasteiger partial charge in [0.1, 0.15) is 4.32 Å². The number of hydrogen-bond donors (Lipinski definition) is 3. The minimum Gasteiger partial charge on any atom is -0.385 e. The Labute approximate surface area is 53.3 Å². The highest BCUT2D eigenvalue weighted by Crippen LogP contribution is 1.63. The van der Waals surface area contributed by atoms with Crippen LogP contribution in [0, 0.1) is 5.41 Å². The Morgan fingerprint density at radius 3 is 2.00 bits per heavy atom. The van der Waals surface area contributed by atoms with Crippen LogP contribution in [0.15, 0.2) is 6.58 Å². The standard InChI is InChI=1S/C2H3N.CH3NS2/c1-2-3;2-1(3)4/h3H,1H2;(H3,2,3,4). The van der Waals surface area contributed by atoms with E-state index in [4.69, 9.17) is 11.1 Å². The van der Waals surface area contributed by atoms with Crippen molar-refractivity contribution in [1.29, 1.82) is 5.41 Å². The van der Waals surface area contributed by atoms with Gasteiger partial charge >= 0.3 is 0 Å². The Morgan fingerprint density at radius 2 is 2.00 bits per heavy atom. The summed E-state index contributed by atoms with van der Waals surface area (Å²) in [5, 5.41) is 5.85. The maximum atomic E-state index is 5.85. The fraction of sp³-hybridized carbons (Fsp3) is 0. The molecule has 0 saturated carbocycles. The summed E-state index contributed by atoms with van der Waals surface area (Å²) in [4.78, 5) is 0. The summed E-state index contributed by atoms with van der Waals surface area (Å²) >= 11 is 7.65. The molecular weight excluding hydrogens is 128 g/mol. The molecule has 0 saturated heterocycles. The summed E-state index contributed by atoms with van der Waals surface area (Å²) in [6.07, 6.45) is 0. The molecule has 0 atom stereocenters. The SMILES string of the molecule is C=C=N.NC(=S)S. The zero-order valence-corrected chi connectivity index (χ0v) is 5.35. The molecule has 40 valence electrons. The van der Waals surface area contributed by atoms with Crippen LogP contribution in [0.3, 0.4) is 0 Å². The third-order valence-corrected chi connectivity index (χ3v) is 0. The maximum Gasteiger partial charge on any atom is 0.128 e. The van der Waals surface area contributed by atoms with Crippen molar-refractivity contribution < 1.29 is 0 Å². The molecule has 0 aromatic heterocycles. The van der Waals surface area contributed by atoms with Crippen LogP contribution in [-0.4, -0.2) is 10.2 Å². The second-order valence-corrected chi connectivity index (χ2v) is 1.74. The lowest BCUT2D eigenvalue weighted by atomic mass is 11.2. The summed E-state index contributed by atoms with van der Waals surface area (Å²) in [7, 11) is 0. The van der Waals surface area contributed by atoms with Crippen molar-refractivity contribution in [3.8, 4) is 0 Å². The maximum absolute atomic E-state index is 5.85. The van der Waals surface area contributed by atoms with Crippen LogP contribution in [0.5, 0.6) is 0 Å². The summed E-state index contributed by atoms with van der Waals surface area (Å²) in [5.41, 5.74) is 4.71. The van der Waals surface area contributed by atoms with E-state index in [0.717, 1.165) is 0 Å². The van der Waals surface area contributed by atoms with E-state index in [1.807, 2.05) is 0 Å². The van der Waals surface area contributed by atoms with E-state index in [0.29, 0.717) is 0 Å². The van der Waals surface area contributed by atoms with Gasteiger partial charge in [0.25, 0.3) is 0 Å². The lowest BCUT2D eigenvalue weighted by Gasteiger charge is -1.64. The fourth-order valence-electron chi connectivity index (χ4n) is 0. The number of thiol groups is 1. The summed E-state index contributed by atoms with van der Waals surface area (Å²) in [5.74, 6) is 1.75. The second-order valence-electron chi connectivity index (χ2n) is 0.515. The van der Waals surface area contributed by atoms with Gasteiger partial charge in [-0.05, 0) is 12.4 Å². The molecule has 7 heavy (non-hydrogen) atoms. The average Bonchev–Trinajstić information content (AvgIpc) is 1.33. The number of nitrogens with one attached hydrogen (secondary N) is 1. The first-order valence-electron chi connectivity index (χ1n) is 1.32. The molecular formula is C3H6N2S2. The smallest absolute Gasteiger partial charge is 0.128 e. The van der Waals surface area contributed by atoms with E-state index in [1.165, 1.54) is 0 Å². The quantitative estimate of drug-likeness (QED) is 0.258. The monoisotopic (exact) mass is 134 g/mol. The largest absolute Gasteiger partial charge is 0.385 e. The van der Waals surface area contributed by atoms with Crippen molar-refractivity contribution >= 4 is 35.0 Å². The summed E-state index contributed by atoms with van der Waals surface area (Å²) < 4.78 is 0.194. The van der Waals surface area contributed by atoms with Crippen LogP contribution in [0.1, 0.15) is 0 Å². The van der Waals surface area contributed by atoms with E-state index in [2.05, 4.69) is 31.4 Å². The van der Waals surface area contributed by atoms with Gasteiger partial charge in [-0.15, -0.1) is 12.6 Å². The predicted molar refractivity (Wildman–Crippen MR) is 39.1 cm³/mol. The minimum atomic E-state index is 0.194. The van der Waals surface area contributed by atoms with Crippen LogP contribution >= 0.6 is 24.8 Å². The van der Waals surface area contributed by atoms with Crippen molar-refractivity contribution in [3.63, 3.8) is 0 Å². The van der Waals surface area contributed by atoms with Crippen LogP contribution in [0.25, 0.3) is 0 Å². The van der Waals surface area contributed by atoms with Crippen LogP contribution < -0.4 is 5.73 Å². The van der Waals surface area contributed by atoms with Gasteiger partial charge in [0.2, 0.25) is 0 Å². The molecule has 0 spiro atoms. The van der Waals surface area contributed by atoms with Crippen molar-refractivity contribution in [3.05, 3.63) is 6.58 Å². The normalized spacial score (nSPS) is 4.71. The lowest BCUT2D eigenvalue weighted by molar-refractivity contribution is 1.60. The molecule has 0 heterocycles. The zero-order chi connectivity index (χ0) is 6.28. The Morgan fingerprint density at radius 1 is 2.00 bits per heavy atom. The number of rotatable bonds is 0. The molecule has 0 aliphatic carbocycles. The highest BCUT2D eigenvalue weighted by atomic mass is 32.1. The molecule has 2 nitrogen and oxygen atoms in total. The van der Waals surface area contributed by atoms with E-state index in [9.17, 15) is 0 Å². The molecule has 0 amide bonds. The lowest BCUT2D eigenvalue weighted by Crippen LogP contribution is -1.94. The minimum absolute atomic E-state index is 0.194.